The molecule has 0 radical (unpaired) electrons. The van der Waals surface area contributed by atoms with Crippen LogP contribution in [0.4, 0.5) is 4.39 Å². The minimum Gasteiger partial charge on any atom is -0.200 e. The summed E-state index contributed by atoms with van der Waals surface area (Å²) in [7, 11) is -3.88. The van der Waals surface area contributed by atoms with Gasteiger partial charge in [0, 0.05) is 16.7 Å². The van der Waals surface area contributed by atoms with Crippen LogP contribution in [0.25, 0.3) is 11.3 Å². The number of halogens is 2. The van der Waals surface area contributed by atoms with Crippen molar-refractivity contribution >= 4 is 21.6 Å². The van der Waals surface area contributed by atoms with Crippen molar-refractivity contribution in [2.45, 2.75) is 4.90 Å². The van der Waals surface area contributed by atoms with Crippen molar-refractivity contribution in [3.63, 3.8) is 0 Å². The molecule has 0 bridgehead atoms. The molecule has 0 fully saturated rings. The predicted octanol–water partition coefficient (Wildman–Crippen LogP) is 3.28. The number of aromatic nitrogens is 2. The molecular formula is C15H11ClFN3O2S. The summed E-state index contributed by atoms with van der Waals surface area (Å²) in [6, 6.07) is 15.4. The van der Waals surface area contributed by atoms with Gasteiger partial charge in [0.05, 0.1) is 10.6 Å². The lowest BCUT2D eigenvalue weighted by atomic mass is 10.1. The number of nitrogens with zero attached hydrogens (tertiary/aromatic N) is 2. The molecule has 0 spiro atoms. The Bertz CT molecular complexity index is 925. The van der Waals surface area contributed by atoms with Crippen LogP contribution >= 0.6 is 11.6 Å². The molecule has 3 rings (SSSR count). The zero-order valence-corrected chi connectivity index (χ0v) is 13.2. The van der Waals surface area contributed by atoms with E-state index in [1.54, 1.807) is 42.5 Å². The molecule has 5 nitrogen and oxygen atoms in total. The molecule has 2 aromatic carbocycles. The van der Waals surface area contributed by atoms with E-state index >= 15 is 0 Å². The van der Waals surface area contributed by atoms with Gasteiger partial charge in [0.25, 0.3) is 10.0 Å². The number of benzene rings is 2. The lowest BCUT2D eigenvalue weighted by Gasteiger charge is -2.11. The van der Waals surface area contributed by atoms with E-state index in [0.717, 1.165) is 10.9 Å². The van der Waals surface area contributed by atoms with Crippen LogP contribution in [-0.4, -0.2) is 18.3 Å². The molecule has 0 saturated carbocycles. The lowest BCUT2D eigenvalue weighted by molar-refractivity contribution is 0.555. The number of rotatable bonds is 4. The van der Waals surface area contributed by atoms with Gasteiger partial charge in [-0.1, -0.05) is 41.9 Å². The molecule has 1 N–H and O–H groups in total. The van der Waals surface area contributed by atoms with E-state index in [0.29, 0.717) is 10.6 Å². The first-order chi connectivity index (χ1) is 11.0. The van der Waals surface area contributed by atoms with Crippen LogP contribution in [0.15, 0.2) is 65.6 Å². The second-order valence-electron chi connectivity index (χ2n) is 4.68. The van der Waals surface area contributed by atoms with Crippen molar-refractivity contribution in [3.05, 3.63) is 71.6 Å². The molecule has 0 aliphatic rings. The Balaban J connectivity index is 2.00. The van der Waals surface area contributed by atoms with Crippen LogP contribution in [-0.2, 0) is 10.0 Å². The molecule has 0 amide bonds. The van der Waals surface area contributed by atoms with E-state index in [2.05, 4.69) is 9.93 Å². The Morgan fingerprint density at radius 3 is 2.35 bits per heavy atom. The second kappa shape index (κ2) is 6.02. The van der Waals surface area contributed by atoms with Crippen molar-refractivity contribution in [2.24, 2.45) is 0 Å². The average molecular weight is 352 g/mol. The van der Waals surface area contributed by atoms with Gasteiger partial charge in [0.1, 0.15) is 0 Å². The molecule has 23 heavy (non-hydrogen) atoms. The Morgan fingerprint density at radius 1 is 1.04 bits per heavy atom. The summed E-state index contributed by atoms with van der Waals surface area (Å²) in [5.41, 5.74) is 0.834. The van der Waals surface area contributed by atoms with Gasteiger partial charge in [0.15, 0.2) is 0 Å². The predicted molar refractivity (Wildman–Crippen MR) is 85.6 cm³/mol. The Morgan fingerprint density at radius 2 is 1.70 bits per heavy atom. The molecule has 0 aliphatic heterocycles. The fraction of sp³-hybridized carbons (Fsp3) is 0. The highest BCUT2D eigenvalue weighted by Crippen LogP contribution is 2.22. The highest BCUT2D eigenvalue weighted by molar-refractivity contribution is 7.92. The Hall–Kier alpha value is -2.38. The quantitative estimate of drug-likeness (QED) is 0.784. The van der Waals surface area contributed by atoms with Crippen molar-refractivity contribution in [1.29, 1.82) is 0 Å². The summed E-state index contributed by atoms with van der Waals surface area (Å²) in [4.78, 5) is 3.19. The lowest BCUT2D eigenvalue weighted by Crippen LogP contribution is -2.25. The summed E-state index contributed by atoms with van der Waals surface area (Å²) >= 11 is 5.82. The van der Waals surface area contributed by atoms with Crippen molar-refractivity contribution in [2.75, 3.05) is 4.83 Å². The fourth-order valence-corrected chi connectivity index (χ4v) is 3.13. The SMILES string of the molecule is O=S(=O)(Nn1nc(F)cc1-c1ccc(Cl)cc1)c1ccccc1. The van der Waals surface area contributed by atoms with Crippen LogP contribution in [0.2, 0.25) is 5.02 Å². The summed E-state index contributed by atoms with van der Waals surface area (Å²) in [5.74, 6) is -0.800. The molecule has 0 unspecified atom stereocenters. The third-order valence-electron chi connectivity index (χ3n) is 3.08. The summed E-state index contributed by atoms with van der Waals surface area (Å²) in [5, 5.41) is 4.07. The highest BCUT2D eigenvalue weighted by Gasteiger charge is 2.18. The van der Waals surface area contributed by atoms with Gasteiger partial charge in [-0.2, -0.15) is 22.4 Å². The van der Waals surface area contributed by atoms with Crippen LogP contribution in [0.3, 0.4) is 0 Å². The van der Waals surface area contributed by atoms with E-state index in [-0.39, 0.29) is 10.6 Å². The molecule has 0 saturated heterocycles. The van der Waals surface area contributed by atoms with Gasteiger partial charge >= 0.3 is 0 Å². The topological polar surface area (TPSA) is 64.0 Å². The molecular weight excluding hydrogens is 341 g/mol. The summed E-state index contributed by atoms with van der Waals surface area (Å²) in [6.45, 7) is 0. The third-order valence-corrected chi connectivity index (χ3v) is 4.64. The first-order valence-electron chi connectivity index (χ1n) is 6.55. The largest absolute Gasteiger partial charge is 0.276 e. The molecule has 8 heteroatoms. The standard InChI is InChI=1S/C15H11ClFN3O2S/c16-12-8-6-11(7-9-12)14-10-15(17)18-20(14)19-23(21,22)13-4-2-1-3-5-13/h1-10,19H. The molecule has 118 valence electrons. The smallest absolute Gasteiger partial charge is 0.200 e. The van der Waals surface area contributed by atoms with Crippen molar-refractivity contribution in [3.8, 4) is 11.3 Å². The minimum absolute atomic E-state index is 0.0537. The first-order valence-corrected chi connectivity index (χ1v) is 8.41. The normalized spacial score (nSPS) is 11.4. The molecule has 3 aromatic rings. The minimum atomic E-state index is -3.88. The number of nitrogens with one attached hydrogen (secondary N) is 1. The van der Waals surface area contributed by atoms with Crippen LogP contribution in [0.1, 0.15) is 0 Å². The van der Waals surface area contributed by atoms with Gasteiger partial charge in [-0.15, -0.1) is 5.10 Å². The maximum absolute atomic E-state index is 13.5. The summed E-state index contributed by atoms with van der Waals surface area (Å²) < 4.78 is 38.2. The fourth-order valence-electron chi connectivity index (χ4n) is 2.01. The highest BCUT2D eigenvalue weighted by atomic mass is 35.5. The Labute approximate surface area is 137 Å². The van der Waals surface area contributed by atoms with Crippen molar-refractivity contribution in [1.82, 2.24) is 9.89 Å². The molecule has 1 aromatic heterocycles. The zero-order chi connectivity index (χ0) is 16.4. The summed E-state index contributed by atoms with van der Waals surface area (Å²) in [6.07, 6.45) is 0. The van der Waals surface area contributed by atoms with Crippen LogP contribution < -0.4 is 4.83 Å². The molecule has 0 atom stereocenters. The van der Waals surface area contributed by atoms with Gasteiger partial charge in [-0.05, 0) is 24.3 Å². The Kier molecular flexibility index (Phi) is 4.06. The van der Waals surface area contributed by atoms with E-state index in [9.17, 15) is 12.8 Å². The van der Waals surface area contributed by atoms with Gasteiger partial charge < -0.3 is 0 Å². The van der Waals surface area contributed by atoms with Gasteiger partial charge in [0.2, 0.25) is 5.95 Å². The monoisotopic (exact) mass is 351 g/mol. The zero-order valence-electron chi connectivity index (χ0n) is 11.6. The van der Waals surface area contributed by atoms with E-state index < -0.39 is 16.0 Å². The average Bonchev–Trinajstić information content (AvgIpc) is 2.89. The second-order valence-corrected chi connectivity index (χ2v) is 6.78. The van der Waals surface area contributed by atoms with E-state index in [4.69, 9.17) is 11.6 Å². The maximum atomic E-state index is 13.5. The van der Waals surface area contributed by atoms with Crippen LogP contribution in [0.5, 0.6) is 0 Å². The first kappa shape index (κ1) is 15.5. The van der Waals surface area contributed by atoms with E-state index in [1.807, 2.05) is 0 Å². The van der Waals surface area contributed by atoms with E-state index in [1.165, 1.54) is 12.1 Å². The van der Waals surface area contributed by atoms with Crippen molar-refractivity contribution < 1.29 is 12.8 Å². The van der Waals surface area contributed by atoms with Gasteiger partial charge in [-0.3, -0.25) is 0 Å². The molecule has 1 heterocycles. The van der Waals surface area contributed by atoms with Crippen LogP contribution in [0, 0.1) is 5.95 Å². The number of hydrogen-bond donors (Lipinski definition) is 1. The maximum Gasteiger partial charge on any atom is 0.276 e. The number of hydrogen-bond acceptors (Lipinski definition) is 3. The molecule has 0 aliphatic carbocycles. The third kappa shape index (κ3) is 3.35. The van der Waals surface area contributed by atoms with Gasteiger partial charge in [-0.25, -0.2) is 0 Å². The number of sulfonamides is 1.